The Morgan fingerprint density at radius 3 is 3.09 bits per heavy atom. The van der Waals surface area contributed by atoms with Crippen LogP contribution in [0.5, 0.6) is 0 Å². The summed E-state index contributed by atoms with van der Waals surface area (Å²) in [7, 11) is 0. The van der Waals surface area contributed by atoms with Gasteiger partial charge in [-0.15, -0.1) is 0 Å². The van der Waals surface area contributed by atoms with Crippen LogP contribution in [0.15, 0.2) is 12.2 Å². The minimum Gasteiger partial charge on any atom is -0.314 e. The minimum atomic E-state index is 0.694. The number of piperazine rings is 1. The largest absolute Gasteiger partial charge is 0.314 e. The maximum atomic E-state index is 3.38. The van der Waals surface area contributed by atoms with Crippen LogP contribution < -0.4 is 5.32 Å². The molecule has 1 saturated heterocycles. The van der Waals surface area contributed by atoms with Gasteiger partial charge in [0.2, 0.25) is 0 Å². The Labute approximate surface area is 69.3 Å². The summed E-state index contributed by atoms with van der Waals surface area (Å²) in [6, 6.07) is 0.694. The molecular formula is C9H18N2. The first kappa shape index (κ1) is 8.75. The van der Waals surface area contributed by atoms with Crippen molar-refractivity contribution in [1.29, 1.82) is 0 Å². The average Bonchev–Trinajstić information content (AvgIpc) is 2.03. The van der Waals surface area contributed by atoms with Crippen molar-refractivity contribution in [3.63, 3.8) is 0 Å². The number of nitrogens with zero attached hydrogens (tertiary/aromatic N) is 1. The van der Waals surface area contributed by atoms with Crippen LogP contribution in [0.4, 0.5) is 0 Å². The summed E-state index contributed by atoms with van der Waals surface area (Å²) in [5.74, 6) is 0. The van der Waals surface area contributed by atoms with Crippen molar-refractivity contribution >= 4 is 0 Å². The van der Waals surface area contributed by atoms with Crippen molar-refractivity contribution in [3.8, 4) is 0 Å². The number of nitrogens with one attached hydrogen (secondary N) is 1. The third kappa shape index (κ3) is 2.64. The first-order valence-corrected chi connectivity index (χ1v) is 4.40. The third-order valence-corrected chi connectivity index (χ3v) is 2.21. The minimum absolute atomic E-state index is 0.694. The normalized spacial score (nSPS) is 28.0. The van der Waals surface area contributed by atoms with Crippen molar-refractivity contribution in [2.45, 2.75) is 19.9 Å². The van der Waals surface area contributed by atoms with E-state index >= 15 is 0 Å². The fourth-order valence-electron chi connectivity index (χ4n) is 1.40. The molecule has 1 heterocycles. The Kier molecular flexibility index (Phi) is 3.60. The lowest BCUT2D eigenvalue weighted by atomic mass is 10.2. The molecule has 1 N–H and O–H groups in total. The van der Waals surface area contributed by atoms with E-state index in [4.69, 9.17) is 0 Å². The molecule has 0 spiro atoms. The van der Waals surface area contributed by atoms with Crippen LogP contribution in [-0.2, 0) is 0 Å². The summed E-state index contributed by atoms with van der Waals surface area (Å²) < 4.78 is 0. The van der Waals surface area contributed by atoms with Crippen LogP contribution in [0.1, 0.15) is 13.8 Å². The highest BCUT2D eigenvalue weighted by Gasteiger charge is 2.15. The zero-order valence-corrected chi connectivity index (χ0v) is 7.51. The lowest BCUT2D eigenvalue weighted by Gasteiger charge is -2.32. The molecule has 1 aliphatic heterocycles. The van der Waals surface area contributed by atoms with E-state index in [1.165, 1.54) is 6.54 Å². The topological polar surface area (TPSA) is 15.3 Å². The Bertz CT molecular complexity index is 132. The van der Waals surface area contributed by atoms with E-state index < -0.39 is 0 Å². The van der Waals surface area contributed by atoms with Gasteiger partial charge in [-0.2, -0.15) is 0 Å². The second-order valence-corrected chi connectivity index (χ2v) is 3.12. The van der Waals surface area contributed by atoms with E-state index in [1.807, 2.05) is 0 Å². The maximum absolute atomic E-state index is 3.38. The van der Waals surface area contributed by atoms with Crippen LogP contribution in [-0.4, -0.2) is 37.1 Å². The second kappa shape index (κ2) is 4.52. The Morgan fingerprint density at radius 1 is 1.64 bits per heavy atom. The van der Waals surface area contributed by atoms with Gasteiger partial charge in [0.05, 0.1) is 0 Å². The molecule has 2 nitrogen and oxygen atoms in total. The molecule has 0 unspecified atom stereocenters. The Hall–Kier alpha value is -0.340. The van der Waals surface area contributed by atoms with Crippen molar-refractivity contribution in [1.82, 2.24) is 10.2 Å². The molecule has 0 radical (unpaired) electrons. The SMILES string of the molecule is C/C=C/CN1CCNC[C@@H]1C. The van der Waals surface area contributed by atoms with Gasteiger partial charge in [0.15, 0.2) is 0 Å². The summed E-state index contributed by atoms with van der Waals surface area (Å²) in [5.41, 5.74) is 0. The maximum Gasteiger partial charge on any atom is 0.0196 e. The molecule has 1 aliphatic rings. The number of hydrogen-bond acceptors (Lipinski definition) is 2. The average molecular weight is 154 g/mol. The molecular weight excluding hydrogens is 136 g/mol. The van der Waals surface area contributed by atoms with E-state index in [2.05, 4.69) is 36.2 Å². The van der Waals surface area contributed by atoms with Crippen LogP contribution >= 0.6 is 0 Å². The summed E-state index contributed by atoms with van der Waals surface area (Å²) >= 11 is 0. The Balaban J connectivity index is 2.29. The van der Waals surface area contributed by atoms with Gasteiger partial charge in [0.25, 0.3) is 0 Å². The predicted molar refractivity (Wildman–Crippen MR) is 48.7 cm³/mol. The van der Waals surface area contributed by atoms with Gasteiger partial charge in [-0.05, 0) is 13.8 Å². The second-order valence-electron chi connectivity index (χ2n) is 3.12. The van der Waals surface area contributed by atoms with Gasteiger partial charge in [-0.25, -0.2) is 0 Å². The molecule has 0 saturated carbocycles. The summed E-state index contributed by atoms with van der Waals surface area (Å²) in [5, 5.41) is 3.38. The molecule has 2 heteroatoms. The summed E-state index contributed by atoms with van der Waals surface area (Å²) in [6.07, 6.45) is 4.34. The van der Waals surface area contributed by atoms with E-state index in [0.29, 0.717) is 6.04 Å². The van der Waals surface area contributed by atoms with Gasteiger partial charge in [0, 0.05) is 32.2 Å². The molecule has 0 aromatic rings. The van der Waals surface area contributed by atoms with E-state index in [0.717, 1.165) is 19.6 Å². The summed E-state index contributed by atoms with van der Waals surface area (Å²) in [4.78, 5) is 2.50. The molecule has 0 aliphatic carbocycles. The van der Waals surface area contributed by atoms with Crippen LogP contribution in [0.2, 0.25) is 0 Å². The third-order valence-electron chi connectivity index (χ3n) is 2.21. The molecule has 0 amide bonds. The highest BCUT2D eigenvalue weighted by atomic mass is 15.2. The molecule has 0 bridgehead atoms. The van der Waals surface area contributed by atoms with E-state index in [-0.39, 0.29) is 0 Å². The van der Waals surface area contributed by atoms with E-state index in [9.17, 15) is 0 Å². The molecule has 1 fully saturated rings. The molecule has 0 aromatic heterocycles. The lowest BCUT2D eigenvalue weighted by Crippen LogP contribution is -2.49. The first-order chi connectivity index (χ1) is 5.34. The van der Waals surface area contributed by atoms with Gasteiger partial charge in [-0.1, -0.05) is 12.2 Å². The zero-order valence-electron chi connectivity index (χ0n) is 7.51. The monoisotopic (exact) mass is 154 g/mol. The van der Waals surface area contributed by atoms with Crippen LogP contribution in [0.25, 0.3) is 0 Å². The van der Waals surface area contributed by atoms with Crippen molar-refractivity contribution in [2.75, 3.05) is 26.2 Å². The van der Waals surface area contributed by atoms with Crippen molar-refractivity contribution in [2.24, 2.45) is 0 Å². The number of allylic oxidation sites excluding steroid dienone is 1. The fourth-order valence-corrected chi connectivity index (χ4v) is 1.40. The van der Waals surface area contributed by atoms with E-state index in [1.54, 1.807) is 0 Å². The van der Waals surface area contributed by atoms with Gasteiger partial charge >= 0.3 is 0 Å². The molecule has 11 heavy (non-hydrogen) atoms. The van der Waals surface area contributed by atoms with Crippen molar-refractivity contribution < 1.29 is 0 Å². The fraction of sp³-hybridized carbons (Fsp3) is 0.778. The Morgan fingerprint density at radius 2 is 2.45 bits per heavy atom. The number of rotatable bonds is 2. The highest BCUT2D eigenvalue weighted by molar-refractivity contribution is 4.85. The van der Waals surface area contributed by atoms with Crippen LogP contribution in [0.3, 0.4) is 0 Å². The predicted octanol–water partition coefficient (Wildman–Crippen LogP) is 0.856. The van der Waals surface area contributed by atoms with Crippen LogP contribution in [0, 0.1) is 0 Å². The molecule has 0 aromatic carbocycles. The molecule has 1 atom stereocenters. The number of hydrogen-bond donors (Lipinski definition) is 1. The van der Waals surface area contributed by atoms with Gasteiger partial charge < -0.3 is 5.32 Å². The van der Waals surface area contributed by atoms with Crippen molar-refractivity contribution in [3.05, 3.63) is 12.2 Å². The first-order valence-electron chi connectivity index (χ1n) is 4.40. The standard InChI is InChI=1S/C9H18N2/c1-3-4-6-11-7-5-10-8-9(11)2/h3-4,9-10H,5-8H2,1-2H3/b4-3+/t9-/m0/s1. The van der Waals surface area contributed by atoms with Gasteiger partial charge in [0.1, 0.15) is 0 Å². The zero-order chi connectivity index (χ0) is 8.10. The quantitative estimate of drug-likeness (QED) is 0.593. The van der Waals surface area contributed by atoms with Gasteiger partial charge in [-0.3, -0.25) is 4.90 Å². The molecule has 1 rings (SSSR count). The lowest BCUT2D eigenvalue weighted by molar-refractivity contribution is 0.192. The summed E-state index contributed by atoms with van der Waals surface area (Å²) in [6.45, 7) is 8.92. The smallest absolute Gasteiger partial charge is 0.0196 e. The highest BCUT2D eigenvalue weighted by Crippen LogP contribution is 2.01. The molecule has 64 valence electrons.